The fraction of sp³-hybridized carbons (Fsp3) is 0.143. The number of carboxylic acids is 1. The van der Waals surface area contributed by atoms with Crippen molar-refractivity contribution in [3.05, 3.63) is 47.4 Å². The minimum atomic E-state index is -1.01. The van der Waals surface area contributed by atoms with Crippen LogP contribution in [0, 0.1) is 6.92 Å². The number of nitrogens with zero attached hydrogens (tertiary/aromatic N) is 3. The second-order valence-electron chi connectivity index (χ2n) is 4.47. The van der Waals surface area contributed by atoms with Gasteiger partial charge in [0.25, 0.3) is 0 Å². The van der Waals surface area contributed by atoms with Crippen molar-refractivity contribution in [3.63, 3.8) is 0 Å². The number of hydrogen-bond acceptors (Lipinski definition) is 6. The van der Waals surface area contributed by atoms with Crippen LogP contribution in [0.2, 0.25) is 0 Å². The van der Waals surface area contributed by atoms with Gasteiger partial charge in [-0.05, 0) is 25.1 Å². The number of carboxylic acid groups (broad SMARTS) is 1. The number of hydrogen-bond donors (Lipinski definition) is 2. The van der Waals surface area contributed by atoms with Gasteiger partial charge < -0.3 is 14.8 Å². The van der Waals surface area contributed by atoms with E-state index >= 15 is 0 Å². The minimum Gasteiger partial charge on any atom is -0.478 e. The smallest absolute Gasteiger partial charge is 0.339 e. The molecule has 2 aromatic heterocycles. The molecule has 1 aromatic carbocycles. The number of furan rings is 1. The first-order valence-electron chi connectivity index (χ1n) is 6.29. The van der Waals surface area contributed by atoms with Crippen molar-refractivity contribution in [2.75, 3.05) is 5.32 Å². The standard InChI is InChI=1S/C14H12N4O3/c1-8-10(13(19)20)6-9(21-8)7-15-14-16-11-4-2-3-5-12(11)17-18-14/h2-6H,7H2,1H3,(H,19,20)(H,15,16,18). The van der Waals surface area contributed by atoms with Crippen LogP contribution >= 0.6 is 0 Å². The molecular weight excluding hydrogens is 272 g/mol. The Hall–Kier alpha value is -2.96. The number of para-hydroxylation sites is 1. The lowest BCUT2D eigenvalue weighted by molar-refractivity contribution is 0.0695. The molecule has 0 bridgehead atoms. The Labute approximate surface area is 119 Å². The van der Waals surface area contributed by atoms with E-state index < -0.39 is 5.97 Å². The van der Waals surface area contributed by atoms with Crippen LogP contribution in [0.3, 0.4) is 0 Å². The number of aromatic carboxylic acids is 1. The summed E-state index contributed by atoms with van der Waals surface area (Å²) in [5, 5.41) is 19.9. The lowest BCUT2D eigenvalue weighted by Gasteiger charge is -2.02. The van der Waals surface area contributed by atoms with Gasteiger partial charge in [-0.15, -0.1) is 10.2 Å². The predicted molar refractivity (Wildman–Crippen MR) is 75.1 cm³/mol. The van der Waals surface area contributed by atoms with E-state index in [1.165, 1.54) is 6.07 Å². The van der Waals surface area contributed by atoms with Gasteiger partial charge in [0.2, 0.25) is 5.95 Å². The third kappa shape index (κ3) is 2.66. The molecule has 2 N–H and O–H groups in total. The maximum atomic E-state index is 10.9. The van der Waals surface area contributed by atoms with Gasteiger partial charge in [-0.3, -0.25) is 0 Å². The van der Waals surface area contributed by atoms with E-state index in [9.17, 15) is 4.79 Å². The average Bonchev–Trinajstić information content (AvgIpc) is 2.86. The summed E-state index contributed by atoms with van der Waals surface area (Å²) in [4.78, 5) is 15.3. The molecule has 0 aliphatic heterocycles. The highest BCUT2D eigenvalue weighted by molar-refractivity contribution is 5.88. The summed E-state index contributed by atoms with van der Waals surface area (Å²) in [5.74, 6) is 0.226. The monoisotopic (exact) mass is 284 g/mol. The molecule has 106 valence electrons. The van der Waals surface area contributed by atoms with E-state index in [0.29, 0.717) is 23.0 Å². The van der Waals surface area contributed by atoms with Crippen molar-refractivity contribution in [1.82, 2.24) is 15.2 Å². The van der Waals surface area contributed by atoms with E-state index in [1.54, 1.807) is 6.92 Å². The summed E-state index contributed by atoms with van der Waals surface area (Å²) in [6.07, 6.45) is 0. The Kier molecular flexibility index (Phi) is 3.23. The van der Waals surface area contributed by atoms with Gasteiger partial charge in [-0.25, -0.2) is 9.78 Å². The highest BCUT2D eigenvalue weighted by Gasteiger charge is 2.13. The molecule has 2 heterocycles. The summed E-state index contributed by atoms with van der Waals surface area (Å²) < 4.78 is 5.37. The molecule has 7 heteroatoms. The van der Waals surface area contributed by atoms with Gasteiger partial charge in [-0.2, -0.15) is 0 Å². The number of aryl methyl sites for hydroxylation is 1. The summed E-state index contributed by atoms with van der Waals surface area (Å²) in [5.41, 5.74) is 1.60. The zero-order valence-corrected chi connectivity index (χ0v) is 11.2. The quantitative estimate of drug-likeness (QED) is 0.757. The molecule has 21 heavy (non-hydrogen) atoms. The molecule has 3 aromatic rings. The molecule has 0 amide bonds. The third-order valence-electron chi connectivity index (χ3n) is 2.98. The van der Waals surface area contributed by atoms with Crippen molar-refractivity contribution in [2.45, 2.75) is 13.5 Å². The molecular formula is C14H12N4O3. The number of rotatable bonds is 4. The summed E-state index contributed by atoms with van der Waals surface area (Å²) in [6, 6.07) is 8.89. The molecule has 0 saturated heterocycles. The zero-order valence-electron chi connectivity index (χ0n) is 11.2. The van der Waals surface area contributed by atoms with Gasteiger partial charge in [0.15, 0.2) is 0 Å². The third-order valence-corrected chi connectivity index (χ3v) is 2.98. The van der Waals surface area contributed by atoms with Gasteiger partial charge >= 0.3 is 5.97 Å². The van der Waals surface area contributed by atoms with Crippen LogP contribution in [0.1, 0.15) is 21.9 Å². The molecule has 0 aliphatic rings. The summed E-state index contributed by atoms with van der Waals surface area (Å²) >= 11 is 0. The maximum absolute atomic E-state index is 10.9. The van der Waals surface area contributed by atoms with Crippen LogP contribution < -0.4 is 5.32 Å². The molecule has 0 spiro atoms. The van der Waals surface area contributed by atoms with Gasteiger partial charge in [0, 0.05) is 0 Å². The molecule has 7 nitrogen and oxygen atoms in total. The van der Waals surface area contributed by atoms with Crippen LogP contribution in [0.15, 0.2) is 34.7 Å². The molecule has 3 rings (SSSR count). The van der Waals surface area contributed by atoms with E-state index in [-0.39, 0.29) is 12.1 Å². The number of fused-ring (bicyclic) bond motifs is 1. The van der Waals surface area contributed by atoms with Crippen LogP contribution in [-0.2, 0) is 6.54 Å². The minimum absolute atomic E-state index is 0.157. The van der Waals surface area contributed by atoms with Crippen molar-refractivity contribution in [2.24, 2.45) is 0 Å². The highest BCUT2D eigenvalue weighted by Crippen LogP contribution is 2.16. The molecule has 0 unspecified atom stereocenters. The Balaban J connectivity index is 1.77. The molecule has 0 saturated carbocycles. The maximum Gasteiger partial charge on any atom is 0.339 e. The van der Waals surface area contributed by atoms with Crippen LogP contribution in [0.5, 0.6) is 0 Å². The van der Waals surface area contributed by atoms with Crippen molar-refractivity contribution >= 4 is 23.0 Å². The Morgan fingerprint density at radius 3 is 2.76 bits per heavy atom. The first-order chi connectivity index (χ1) is 10.1. The molecule has 0 fully saturated rings. The van der Waals surface area contributed by atoms with Crippen LogP contribution in [-0.4, -0.2) is 26.3 Å². The summed E-state index contributed by atoms with van der Waals surface area (Å²) in [7, 11) is 0. The topological polar surface area (TPSA) is 101 Å². The van der Waals surface area contributed by atoms with Crippen molar-refractivity contribution in [3.8, 4) is 0 Å². The number of anilines is 1. The first-order valence-corrected chi connectivity index (χ1v) is 6.29. The van der Waals surface area contributed by atoms with Crippen molar-refractivity contribution in [1.29, 1.82) is 0 Å². The zero-order chi connectivity index (χ0) is 14.8. The Morgan fingerprint density at radius 2 is 2.05 bits per heavy atom. The highest BCUT2D eigenvalue weighted by atomic mass is 16.4. The Morgan fingerprint density at radius 1 is 1.29 bits per heavy atom. The summed E-state index contributed by atoms with van der Waals surface area (Å²) in [6.45, 7) is 1.90. The number of nitrogens with one attached hydrogen (secondary N) is 1. The van der Waals surface area contributed by atoms with Gasteiger partial charge in [0.1, 0.15) is 22.6 Å². The largest absolute Gasteiger partial charge is 0.478 e. The predicted octanol–water partition coefficient (Wildman–Crippen LogP) is 2.24. The normalized spacial score (nSPS) is 10.7. The Bertz CT molecular complexity index is 813. The fourth-order valence-corrected chi connectivity index (χ4v) is 1.97. The first kappa shape index (κ1) is 13.0. The van der Waals surface area contributed by atoms with Crippen molar-refractivity contribution < 1.29 is 14.3 Å². The number of carbonyl (C=O) groups is 1. The lowest BCUT2D eigenvalue weighted by atomic mass is 10.2. The fourth-order valence-electron chi connectivity index (χ4n) is 1.97. The van der Waals surface area contributed by atoms with E-state index in [2.05, 4.69) is 20.5 Å². The molecule has 0 atom stereocenters. The second kappa shape index (κ2) is 5.20. The number of aromatic nitrogens is 3. The van der Waals surface area contributed by atoms with E-state index in [4.69, 9.17) is 9.52 Å². The lowest BCUT2D eigenvalue weighted by Crippen LogP contribution is -2.04. The van der Waals surface area contributed by atoms with E-state index in [0.717, 1.165) is 5.52 Å². The van der Waals surface area contributed by atoms with Gasteiger partial charge in [0.05, 0.1) is 12.1 Å². The average molecular weight is 284 g/mol. The SMILES string of the molecule is Cc1oc(CNc2nnc3ccccc3n2)cc1C(=O)O. The van der Waals surface area contributed by atoms with Gasteiger partial charge in [-0.1, -0.05) is 12.1 Å². The van der Waals surface area contributed by atoms with Crippen LogP contribution in [0.25, 0.3) is 11.0 Å². The second-order valence-corrected chi connectivity index (χ2v) is 4.47. The van der Waals surface area contributed by atoms with E-state index in [1.807, 2.05) is 24.3 Å². The molecule has 0 radical (unpaired) electrons. The number of benzene rings is 1. The van der Waals surface area contributed by atoms with Crippen LogP contribution in [0.4, 0.5) is 5.95 Å². The molecule has 0 aliphatic carbocycles.